The van der Waals surface area contributed by atoms with Crippen molar-refractivity contribution in [2.24, 2.45) is 5.41 Å². The maximum Gasteiger partial charge on any atom is 0.335 e. The van der Waals surface area contributed by atoms with Crippen molar-refractivity contribution in [1.29, 1.82) is 0 Å². The van der Waals surface area contributed by atoms with E-state index in [1.54, 1.807) is 20.8 Å². The summed E-state index contributed by atoms with van der Waals surface area (Å²) >= 11 is 0. The lowest BCUT2D eigenvalue weighted by atomic mass is 9.96. The van der Waals surface area contributed by atoms with E-state index < -0.39 is 11.4 Å². The molecule has 1 aromatic rings. The van der Waals surface area contributed by atoms with Gasteiger partial charge in [-0.05, 0) is 12.1 Å². The second kappa shape index (κ2) is 4.30. The summed E-state index contributed by atoms with van der Waals surface area (Å²) in [6.45, 7) is 5.30. The molecule has 0 spiro atoms. The van der Waals surface area contributed by atoms with Gasteiger partial charge in [-0.15, -0.1) is 0 Å². The summed E-state index contributed by atoms with van der Waals surface area (Å²) in [5.74, 6) is -1.00. The van der Waals surface area contributed by atoms with Crippen LogP contribution in [0.3, 0.4) is 0 Å². The third-order valence-electron chi connectivity index (χ3n) is 1.93. The van der Waals surface area contributed by atoms with Gasteiger partial charge >= 0.3 is 5.97 Å². The maximum absolute atomic E-state index is 11.6. The standard InChI is InChI=1S/C11H14N2O3/c1-11(2,3)10(16)13-8-6-7(9(14)15)4-5-12-8/h4-6H,1-3H3,(H,14,15)(H,12,13,16). The summed E-state index contributed by atoms with van der Waals surface area (Å²) in [5.41, 5.74) is -0.444. The number of anilines is 1. The van der Waals surface area contributed by atoms with Crippen LogP contribution in [0.5, 0.6) is 0 Å². The Labute approximate surface area is 93.5 Å². The highest BCUT2D eigenvalue weighted by atomic mass is 16.4. The molecule has 0 fully saturated rings. The number of carbonyl (C=O) groups is 2. The Hall–Kier alpha value is -1.91. The van der Waals surface area contributed by atoms with Crippen LogP contribution < -0.4 is 5.32 Å². The number of nitrogens with one attached hydrogen (secondary N) is 1. The number of carbonyl (C=O) groups excluding carboxylic acids is 1. The van der Waals surface area contributed by atoms with Crippen molar-refractivity contribution in [3.63, 3.8) is 0 Å². The van der Waals surface area contributed by atoms with Gasteiger partial charge in [-0.25, -0.2) is 9.78 Å². The predicted molar refractivity (Wildman–Crippen MR) is 59.3 cm³/mol. The van der Waals surface area contributed by atoms with Gasteiger partial charge < -0.3 is 10.4 Å². The van der Waals surface area contributed by atoms with E-state index >= 15 is 0 Å². The summed E-state index contributed by atoms with van der Waals surface area (Å²) in [6, 6.07) is 2.70. The number of rotatable bonds is 2. The van der Waals surface area contributed by atoms with Gasteiger partial charge in [0.2, 0.25) is 5.91 Å². The van der Waals surface area contributed by atoms with Crippen LogP contribution in [0, 0.1) is 5.41 Å². The van der Waals surface area contributed by atoms with Gasteiger partial charge in [0.05, 0.1) is 5.56 Å². The monoisotopic (exact) mass is 222 g/mol. The number of aromatic carboxylic acids is 1. The molecule has 0 aliphatic heterocycles. The van der Waals surface area contributed by atoms with E-state index in [-0.39, 0.29) is 17.3 Å². The Morgan fingerprint density at radius 1 is 1.38 bits per heavy atom. The molecular formula is C11H14N2O3. The van der Waals surface area contributed by atoms with E-state index in [1.165, 1.54) is 18.3 Å². The van der Waals surface area contributed by atoms with E-state index in [2.05, 4.69) is 10.3 Å². The minimum atomic E-state index is -1.05. The zero-order chi connectivity index (χ0) is 12.3. The molecule has 5 heteroatoms. The van der Waals surface area contributed by atoms with Crippen LogP contribution in [0.2, 0.25) is 0 Å². The SMILES string of the molecule is CC(C)(C)C(=O)Nc1cc(C(=O)O)ccn1. The highest BCUT2D eigenvalue weighted by Crippen LogP contribution is 2.16. The molecular weight excluding hydrogens is 208 g/mol. The van der Waals surface area contributed by atoms with E-state index in [9.17, 15) is 9.59 Å². The van der Waals surface area contributed by atoms with Crippen LogP contribution in [0.25, 0.3) is 0 Å². The molecule has 0 aliphatic rings. The van der Waals surface area contributed by atoms with Crippen molar-refractivity contribution >= 4 is 17.7 Å². The number of aromatic nitrogens is 1. The Kier molecular flexibility index (Phi) is 3.27. The Morgan fingerprint density at radius 2 is 2.00 bits per heavy atom. The molecule has 86 valence electrons. The van der Waals surface area contributed by atoms with Crippen molar-refractivity contribution in [3.05, 3.63) is 23.9 Å². The van der Waals surface area contributed by atoms with Gasteiger partial charge in [0.15, 0.2) is 0 Å². The molecule has 16 heavy (non-hydrogen) atoms. The van der Waals surface area contributed by atoms with E-state index in [1.807, 2.05) is 0 Å². The fourth-order valence-electron chi connectivity index (χ4n) is 0.936. The third-order valence-corrected chi connectivity index (χ3v) is 1.93. The first-order chi connectivity index (χ1) is 7.30. The number of carboxylic acid groups (broad SMARTS) is 1. The highest BCUT2D eigenvalue weighted by Gasteiger charge is 2.21. The average Bonchev–Trinajstić information content (AvgIpc) is 2.16. The van der Waals surface area contributed by atoms with Crippen molar-refractivity contribution < 1.29 is 14.7 Å². The fourth-order valence-corrected chi connectivity index (χ4v) is 0.936. The number of pyridine rings is 1. The average molecular weight is 222 g/mol. The summed E-state index contributed by atoms with van der Waals surface area (Å²) in [6.07, 6.45) is 1.35. The van der Waals surface area contributed by atoms with Gasteiger partial charge in [0, 0.05) is 11.6 Å². The molecule has 0 saturated heterocycles. The van der Waals surface area contributed by atoms with Crippen molar-refractivity contribution in [2.45, 2.75) is 20.8 Å². The number of amides is 1. The molecule has 0 radical (unpaired) electrons. The minimum Gasteiger partial charge on any atom is -0.478 e. The number of hydrogen-bond donors (Lipinski definition) is 2. The molecule has 1 rings (SSSR count). The molecule has 1 heterocycles. The molecule has 0 aliphatic carbocycles. The maximum atomic E-state index is 11.6. The lowest BCUT2D eigenvalue weighted by Crippen LogP contribution is -2.28. The van der Waals surface area contributed by atoms with Crippen LogP contribution in [0.15, 0.2) is 18.3 Å². The molecule has 1 aromatic heterocycles. The Balaban J connectivity index is 2.87. The molecule has 0 atom stereocenters. The molecule has 0 unspecified atom stereocenters. The second-order valence-corrected chi connectivity index (χ2v) is 4.44. The van der Waals surface area contributed by atoms with Crippen LogP contribution in [0.1, 0.15) is 31.1 Å². The zero-order valence-corrected chi connectivity index (χ0v) is 9.44. The van der Waals surface area contributed by atoms with E-state index in [0.717, 1.165) is 0 Å². The molecule has 1 amide bonds. The zero-order valence-electron chi connectivity index (χ0n) is 9.44. The van der Waals surface area contributed by atoms with Gasteiger partial charge in [-0.1, -0.05) is 20.8 Å². The summed E-state index contributed by atoms with van der Waals surface area (Å²) in [4.78, 5) is 26.2. The molecule has 0 bridgehead atoms. The molecule has 0 saturated carbocycles. The summed E-state index contributed by atoms with van der Waals surface area (Å²) in [5, 5.41) is 11.3. The van der Waals surface area contributed by atoms with Crippen molar-refractivity contribution in [1.82, 2.24) is 4.98 Å². The van der Waals surface area contributed by atoms with Crippen LogP contribution in [-0.2, 0) is 4.79 Å². The first-order valence-electron chi connectivity index (χ1n) is 4.81. The molecule has 5 nitrogen and oxygen atoms in total. The number of carboxylic acids is 1. The largest absolute Gasteiger partial charge is 0.478 e. The molecule has 2 N–H and O–H groups in total. The predicted octanol–water partition coefficient (Wildman–Crippen LogP) is 1.76. The third kappa shape index (κ3) is 3.05. The van der Waals surface area contributed by atoms with Crippen LogP contribution in [-0.4, -0.2) is 22.0 Å². The minimum absolute atomic E-state index is 0.0965. The van der Waals surface area contributed by atoms with Crippen molar-refractivity contribution in [2.75, 3.05) is 5.32 Å². The lowest BCUT2D eigenvalue weighted by Gasteiger charge is -2.17. The smallest absolute Gasteiger partial charge is 0.335 e. The summed E-state index contributed by atoms with van der Waals surface area (Å²) < 4.78 is 0. The first kappa shape index (κ1) is 12.2. The quantitative estimate of drug-likeness (QED) is 0.799. The summed E-state index contributed by atoms with van der Waals surface area (Å²) in [7, 11) is 0. The normalized spacial score (nSPS) is 10.9. The Morgan fingerprint density at radius 3 is 2.50 bits per heavy atom. The topological polar surface area (TPSA) is 79.3 Å². The van der Waals surface area contributed by atoms with Crippen molar-refractivity contribution in [3.8, 4) is 0 Å². The molecule has 0 aromatic carbocycles. The number of nitrogens with zero attached hydrogens (tertiary/aromatic N) is 1. The first-order valence-corrected chi connectivity index (χ1v) is 4.81. The highest BCUT2D eigenvalue weighted by molar-refractivity contribution is 5.95. The fraction of sp³-hybridized carbons (Fsp3) is 0.364. The van der Waals surface area contributed by atoms with Gasteiger partial charge in [0.1, 0.15) is 5.82 Å². The van der Waals surface area contributed by atoms with E-state index in [0.29, 0.717) is 0 Å². The van der Waals surface area contributed by atoms with Crippen LogP contribution in [0.4, 0.5) is 5.82 Å². The number of hydrogen-bond acceptors (Lipinski definition) is 3. The van der Waals surface area contributed by atoms with Gasteiger partial charge in [-0.2, -0.15) is 0 Å². The van der Waals surface area contributed by atoms with E-state index in [4.69, 9.17) is 5.11 Å². The lowest BCUT2D eigenvalue weighted by molar-refractivity contribution is -0.123. The second-order valence-electron chi connectivity index (χ2n) is 4.44. The van der Waals surface area contributed by atoms with Gasteiger partial charge in [0.25, 0.3) is 0 Å². The van der Waals surface area contributed by atoms with Gasteiger partial charge in [-0.3, -0.25) is 4.79 Å². The van der Waals surface area contributed by atoms with Crippen LogP contribution >= 0.6 is 0 Å². The Bertz CT molecular complexity index is 421.